The minimum absolute atomic E-state index is 0.416. The quantitative estimate of drug-likeness (QED) is 0.824. The zero-order valence-corrected chi connectivity index (χ0v) is 16.0. The Balaban J connectivity index is 1.40. The predicted molar refractivity (Wildman–Crippen MR) is 104 cm³/mol. The van der Waals surface area contributed by atoms with Gasteiger partial charge in [-0.3, -0.25) is 4.90 Å². The minimum atomic E-state index is 0.416. The number of aromatic nitrogens is 2. The third-order valence-electron chi connectivity index (χ3n) is 5.18. The SMILES string of the molecule is Cc1nc(C2CCOC2)cc(N2CCN(Cc3cccc(Cl)c3)CC2)n1. The van der Waals surface area contributed by atoms with Gasteiger partial charge in [0.05, 0.1) is 12.3 Å². The first-order chi connectivity index (χ1) is 12.7. The third-order valence-corrected chi connectivity index (χ3v) is 5.42. The van der Waals surface area contributed by atoms with Crippen molar-refractivity contribution in [2.45, 2.75) is 25.8 Å². The number of hydrogen-bond donors (Lipinski definition) is 0. The molecular formula is C20H25ClN4O. The third kappa shape index (κ3) is 4.17. The summed E-state index contributed by atoms with van der Waals surface area (Å²) in [4.78, 5) is 14.2. The lowest BCUT2D eigenvalue weighted by Gasteiger charge is -2.35. The van der Waals surface area contributed by atoms with E-state index in [0.717, 1.165) is 74.7 Å². The van der Waals surface area contributed by atoms with Crippen LogP contribution in [0.5, 0.6) is 0 Å². The van der Waals surface area contributed by atoms with E-state index in [0.29, 0.717) is 5.92 Å². The van der Waals surface area contributed by atoms with Crippen LogP contribution < -0.4 is 4.90 Å². The van der Waals surface area contributed by atoms with Crippen LogP contribution in [-0.2, 0) is 11.3 Å². The maximum Gasteiger partial charge on any atom is 0.132 e. The summed E-state index contributed by atoms with van der Waals surface area (Å²) in [7, 11) is 0. The second kappa shape index (κ2) is 7.91. The summed E-state index contributed by atoms with van der Waals surface area (Å²) in [5, 5.41) is 0.806. The molecule has 2 saturated heterocycles. The van der Waals surface area contributed by atoms with Crippen molar-refractivity contribution in [3.63, 3.8) is 0 Å². The van der Waals surface area contributed by atoms with E-state index in [-0.39, 0.29) is 0 Å². The van der Waals surface area contributed by atoms with E-state index in [9.17, 15) is 0 Å². The monoisotopic (exact) mass is 372 g/mol. The maximum absolute atomic E-state index is 6.10. The zero-order chi connectivity index (χ0) is 17.9. The van der Waals surface area contributed by atoms with Gasteiger partial charge in [0.15, 0.2) is 0 Å². The van der Waals surface area contributed by atoms with Crippen molar-refractivity contribution >= 4 is 17.4 Å². The zero-order valence-electron chi connectivity index (χ0n) is 15.2. The molecule has 1 unspecified atom stereocenters. The fourth-order valence-corrected chi connectivity index (χ4v) is 3.95. The molecule has 0 aliphatic carbocycles. The molecule has 138 valence electrons. The van der Waals surface area contributed by atoms with Crippen LogP contribution in [0.2, 0.25) is 5.02 Å². The Morgan fingerprint density at radius 3 is 2.73 bits per heavy atom. The molecule has 2 aliphatic heterocycles. The first-order valence-corrected chi connectivity index (χ1v) is 9.70. The molecular weight excluding hydrogens is 348 g/mol. The predicted octanol–water partition coefficient (Wildman–Crippen LogP) is 3.26. The Hall–Kier alpha value is -1.69. The highest BCUT2D eigenvalue weighted by atomic mass is 35.5. The van der Waals surface area contributed by atoms with Crippen LogP contribution in [0, 0.1) is 6.92 Å². The largest absolute Gasteiger partial charge is 0.381 e. The average Bonchev–Trinajstić information content (AvgIpc) is 3.17. The van der Waals surface area contributed by atoms with Crippen molar-refractivity contribution < 1.29 is 4.74 Å². The van der Waals surface area contributed by atoms with Crippen molar-refractivity contribution in [2.75, 3.05) is 44.3 Å². The van der Waals surface area contributed by atoms with E-state index < -0.39 is 0 Å². The molecule has 2 aliphatic rings. The van der Waals surface area contributed by atoms with Crippen LogP contribution in [-0.4, -0.2) is 54.3 Å². The molecule has 2 aromatic rings. The normalized spacial score (nSPS) is 21.3. The fourth-order valence-electron chi connectivity index (χ4n) is 3.74. The van der Waals surface area contributed by atoms with Gasteiger partial charge in [0.2, 0.25) is 0 Å². The first-order valence-electron chi connectivity index (χ1n) is 9.32. The lowest BCUT2D eigenvalue weighted by molar-refractivity contribution is 0.193. The number of ether oxygens (including phenoxy) is 1. The summed E-state index contributed by atoms with van der Waals surface area (Å²) in [6.07, 6.45) is 1.06. The molecule has 4 rings (SSSR count). The van der Waals surface area contributed by atoms with Gasteiger partial charge in [-0.25, -0.2) is 9.97 Å². The van der Waals surface area contributed by atoms with Gasteiger partial charge in [0.1, 0.15) is 11.6 Å². The molecule has 26 heavy (non-hydrogen) atoms. The molecule has 0 amide bonds. The highest BCUT2D eigenvalue weighted by Gasteiger charge is 2.23. The van der Waals surface area contributed by atoms with Crippen LogP contribution in [0.3, 0.4) is 0 Å². The smallest absolute Gasteiger partial charge is 0.132 e. The van der Waals surface area contributed by atoms with Gasteiger partial charge < -0.3 is 9.64 Å². The van der Waals surface area contributed by atoms with Crippen LogP contribution in [0.4, 0.5) is 5.82 Å². The van der Waals surface area contributed by atoms with Gasteiger partial charge in [-0.05, 0) is 31.0 Å². The van der Waals surface area contributed by atoms with Gasteiger partial charge in [0, 0.05) is 56.3 Å². The average molecular weight is 373 g/mol. The second-order valence-corrected chi connectivity index (χ2v) is 7.59. The fraction of sp³-hybridized carbons (Fsp3) is 0.500. The second-order valence-electron chi connectivity index (χ2n) is 7.15. The van der Waals surface area contributed by atoms with Crippen LogP contribution in [0.25, 0.3) is 0 Å². The van der Waals surface area contributed by atoms with Gasteiger partial charge >= 0.3 is 0 Å². The number of anilines is 1. The Morgan fingerprint density at radius 1 is 1.15 bits per heavy atom. The van der Waals surface area contributed by atoms with Crippen molar-refractivity contribution in [3.05, 3.63) is 52.4 Å². The number of benzene rings is 1. The topological polar surface area (TPSA) is 41.5 Å². The van der Waals surface area contributed by atoms with E-state index in [1.165, 1.54) is 5.56 Å². The Labute approximate surface area is 160 Å². The number of nitrogens with zero attached hydrogens (tertiary/aromatic N) is 4. The molecule has 0 saturated carbocycles. The number of halogens is 1. The first kappa shape index (κ1) is 17.7. The van der Waals surface area contributed by atoms with Crippen LogP contribution >= 0.6 is 11.6 Å². The highest BCUT2D eigenvalue weighted by Crippen LogP contribution is 2.26. The van der Waals surface area contributed by atoms with Crippen molar-refractivity contribution in [2.24, 2.45) is 0 Å². The minimum Gasteiger partial charge on any atom is -0.381 e. The Morgan fingerprint density at radius 2 is 2.00 bits per heavy atom. The molecule has 3 heterocycles. The molecule has 1 aromatic heterocycles. The molecule has 2 fully saturated rings. The summed E-state index contributed by atoms with van der Waals surface area (Å²) >= 11 is 6.10. The number of piperazine rings is 1. The molecule has 0 spiro atoms. The Bertz CT molecular complexity index is 755. The van der Waals surface area contributed by atoms with Crippen molar-refractivity contribution in [1.29, 1.82) is 0 Å². The summed E-state index contributed by atoms with van der Waals surface area (Å²) in [5.41, 5.74) is 2.40. The number of aryl methyl sites for hydroxylation is 1. The van der Waals surface area contributed by atoms with Crippen molar-refractivity contribution in [1.82, 2.24) is 14.9 Å². The molecule has 0 bridgehead atoms. The molecule has 1 aromatic carbocycles. The van der Waals surface area contributed by atoms with Gasteiger partial charge in [-0.15, -0.1) is 0 Å². The summed E-state index contributed by atoms with van der Waals surface area (Å²) in [5.74, 6) is 2.33. The van der Waals surface area contributed by atoms with E-state index in [1.807, 2.05) is 19.1 Å². The van der Waals surface area contributed by atoms with Crippen molar-refractivity contribution in [3.8, 4) is 0 Å². The van der Waals surface area contributed by atoms with Gasteiger partial charge in [-0.2, -0.15) is 0 Å². The molecule has 1 atom stereocenters. The van der Waals surface area contributed by atoms with Gasteiger partial charge in [0.25, 0.3) is 0 Å². The van der Waals surface area contributed by atoms with Crippen LogP contribution in [0.15, 0.2) is 30.3 Å². The van der Waals surface area contributed by atoms with Crippen LogP contribution in [0.1, 0.15) is 29.4 Å². The van der Waals surface area contributed by atoms with E-state index in [4.69, 9.17) is 16.3 Å². The number of rotatable bonds is 4. The standard InChI is InChI=1S/C20H25ClN4O/c1-15-22-19(17-5-10-26-14-17)12-20(23-15)25-8-6-24(7-9-25)13-16-3-2-4-18(21)11-16/h2-4,11-12,17H,5-10,13-14H2,1H3. The van der Waals surface area contributed by atoms with E-state index in [2.05, 4.69) is 38.0 Å². The number of hydrogen-bond acceptors (Lipinski definition) is 5. The summed E-state index contributed by atoms with van der Waals surface area (Å²) in [6.45, 7) is 8.57. The summed E-state index contributed by atoms with van der Waals surface area (Å²) in [6, 6.07) is 10.3. The Kier molecular flexibility index (Phi) is 5.38. The maximum atomic E-state index is 6.10. The molecule has 6 heteroatoms. The molecule has 0 radical (unpaired) electrons. The summed E-state index contributed by atoms with van der Waals surface area (Å²) < 4.78 is 5.53. The van der Waals surface area contributed by atoms with E-state index in [1.54, 1.807) is 0 Å². The van der Waals surface area contributed by atoms with Gasteiger partial charge in [-0.1, -0.05) is 23.7 Å². The van der Waals surface area contributed by atoms with E-state index >= 15 is 0 Å². The lowest BCUT2D eigenvalue weighted by atomic mass is 10.0. The highest BCUT2D eigenvalue weighted by molar-refractivity contribution is 6.30. The lowest BCUT2D eigenvalue weighted by Crippen LogP contribution is -2.46. The molecule has 0 N–H and O–H groups in total. The molecule has 5 nitrogen and oxygen atoms in total.